The fourth-order valence-corrected chi connectivity index (χ4v) is 0.518. The molecule has 0 rings (SSSR count). The summed E-state index contributed by atoms with van der Waals surface area (Å²) in [5.41, 5.74) is 0. The highest BCUT2D eigenvalue weighted by atomic mass is 16.4. The first kappa shape index (κ1) is 16.1. The largest absolute Gasteiger partial charge is 0.480 e. The van der Waals surface area contributed by atoms with E-state index in [4.69, 9.17) is 20.3 Å². The predicted octanol–water partition coefficient (Wildman–Crippen LogP) is -1.73. The van der Waals surface area contributed by atoms with Gasteiger partial charge in [0.15, 0.2) is 0 Å². The van der Waals surface area contributed by atoms with Gasteiger partial charge in [-0.2, -0.15) is 0 Å². The van der Waals surface area contributed by atoms with Crippen molar-refractivity contribution in [2.45, 2.75) is 0 Å². The number of aliphatic carboxylic acids is 2. The third kappa shape index (κ3) is 19.2. The van der Waals surface area contributed by atoms with Gasteiger partial charge in [-0.25, -0.2) is 0 Å². The Hall–Kier alpha value is -1.38. The number of carbonyl (C=O) groups is 2. The minimum Gasteiger partial charge on any atom is -0.480 e. The van der Waals surface area contributed by atoms with E-state index in [2.05, 4.69) is 6.58 Å². The van der Waals surface area contributed by atoms with Crippen LogP contribution in [0.2, 0.25) is 0 Å². The van der Waals surface area contributed by atoms with Crippen LogP contribution in [0.25, 0.3) is 0 Å². The normalized spacial score (nSPS) is 8.80. The Balaban J connectivity index is 0. The Morgan fingerprint density at radius 2 is 1.53 bits per heavy atom. The molecule has 0 saturated heterocycles. The first-order chi connectivity index (χ1) is 6.79. The van der Waals surface area contributed by atoms with Crippen LogP contribution in [-0.4, -0.2) is 64.4 Å². The Morgan fingerprint density at radius 3 is 1.67 bits per heavy atom. The maximum atomic E-state index is 9.96. The van der Waals surface area contributed by atoms with Crippen LogP contribution in [0.15, 0.2) is 12.6 Å². The average Bonchev–Trinajstić information content (AvgIpc) is 2.01. The van der Waals surface area contributed by atoms with Crippen molar-refractivity contribution < 1.29 is 29.9 Å². The molecule has 8 heteroatoms. The SMILES string of the molecule is C=CB(O)O.CN(CC(=O)O)CC(=O)O. The number of carboxylic acid groups (broad SMARTS) is 2. The van der Waals surface area contributed by atoms with Crippen LogP contribution in [0.4, 0.5) is 0 Å². The molecule has 0 fully saturated rings. The zero-order chi connectivity index (χ0) is 12.4. The number of hydrogen-bond donors (Lipinski definition) is 4. The standard InChI is InChI=1S/C5H9NO4.C2H5BO2/c1-6(2-4(7)8)3-5(9)10;1-2-3(4)5/h2-3H2,1H3,(H,7,8)(H,9,10);2,4-5H,1H2. The van der Waals surface area contributed by atoms with Crippen molar-refractivity contribution in [2.75, 3.05) is 20.1 Å². The van der Waals surface area contributed by atoms with E-state index in [1.807, 2.05) is 0 Å². The molecule has 0 aromatic carbocycles. The van der Waals surface area contributed by atoms with E-state index < -0.39 is 19.1 Å². The van der Waals surface area contributed by atoms with Gasteiger partial charge in [0.05, 0.1) is 13.1 Å². The third-order valence-electron chi connectivity index (χ3n) is 1.02. The monoisotopic (exact) mass is 219 g/mol. The summed E-state index contributed by atoms with van der Waals surface area (Å²) in [7, 11) is 0.0809. The fourth-order valence-electron chi connectivity index (χ4n) is 0.518. The summed E-state index contributed by atoms with van der Waals surface area (Å²) >= 11 is 0. The molecule has 0 unspecified atom stereocenters. The fraction of sp³-hybridized carbons (Fsp3) is 0.429. The smallest absolute Gasteiger partial charge is 0.480 e. The minimum absolute atomic E-state index is 0.244. The summed E-state index contributed by atoms with van der Waals surface area (Å²) in [6.45, 7) is 2.57. The summed E-state index contributed by atoms with van der Waals surface area (Å²) in [4.78, 5) is 21.1. The van der Waals surface area contributed by atoms with Crippen molar-refractivity contribution in [1.29, 1.82) is 0 Å². The molecular weight excluding hydrogens is 205 g/mol. The Bertz CT molecular complexity index is 204. The van der Waals surface area contributed by atoms with Crippen molar-refractivity contribution in [3.8, 4) is 0 Å². The van der Waals surface area contributed by atoms with Gasteiger partial charge in [0.1, 0.15) is 0 Å². The quantitative estimate of drug-likeness (QED) is 0.405. The molecule has 0 aliphatic carbocycles. The molecule has 0 aliphatic rings. The van der Waals surface area contributed by atoms with Crippen LogP contribution in [0, 0.1) is 0 Å². The predicted molar refractivity (Wildman–Crippen MR) is 53.2 cm³/mol. The molecule has 0 aromatic heterocycles. The number of nitrogens with zero attached hydrogens (tertiary/aromatic N) is 1. The van der Waals surface area contributed by atoms with E-state index in [9.17, 15) is 9.59 Å². The molecule has 0 bridgehead atoms. The Morgan fingerprint density at radius 1 is 1.27 bits per heavy atom. The van der Waals surface area contributed by atoms with Crippen LogP contribution >= 0.6 is 0 Å². The highest BCUT2D eigenvalue weighted by molar-refractivity contribution is 6.47. The number of carboxylic acids is 2. The van der Waals surface area contributed by atoms with Crippen molar-refractivity contribution in [2.24, 2.45) is 0 Å². The van der Waals surface area contributed by atoms with Gasteiger partial charge in [0, 0.05) is 0 Å². The van der Waals surface area contributed by atoms with E-state index in [1.54, 1.807) is 0 Å². The second-order valence-electron chi connectivity index (χ2n) is 2.61. The zero-order valence-electron chi connectivity index (χ0n) is 8.33. The van der Waals surface area contributed by atoms with Gasteiger partial charge in [-0.05, 0) is 7.05 Å². The zero-order valence-corrected chi connectivity index (χ0v) is 8.33. The lowest BCUT2D eigenvalue weighted by Crippen LogP contribution is -2.30. The topological polar surface area (TPSA) is 118 Å². The highest BCUT2D eigenvalue weighted by Crippen LogP contribution is 1.80. The molecule has 15 heavy (non-hydrogen) atoms. The molecule has 0 atom stereocenters. The van der Waals surface area contributed by atoms with Gasteiger partial charge < -0.3 is 20.3 Å². The van der Waals surface area contributed by atoms with Gasteiger partial charge >= 0.3 is 19.1 Å². The summed E-state index contributed by atoms with van der Waals surface area (Å²) in [5, 5.41) is 31.9. The molecule has 0 saturated carbocycles. The van der Waals surface area contributed by atoms with Crippen LogP contribution in [0.1, 0.15) is 0 Å². The van der Waals surface area contributed by atoms with Crippen LogP contribution in [0.5, 0.6) is 0 Å². The van der Waals surface area contributed by atoms with Gasteiger partial charge in [-0.1, -0.05) is 5.98 Å². The third-order valence-corrected chi connectivity index (χ3v) is 1.02. The maximum Gasteiger partial charge on any atom is 0.480 e. The second-order valence-corrected chi connectivity index (χ2v) is 2.61. The summed E-state index contributed by atoms with van der Waals surface area (Å²) in [6, 6.07) is 0. The molecule has 0 heterocycles. The molecule has 7 nitrogen and oxygen atoms in total. The van der Waals surface area contributed by atoms with Crippen LogP contribution in [0.3, 0.4) is 0 Å². The first-order valence-electron chi connectivity index (χ1n) is 3.90. The molecule has 0 radical (unpaired) electrons. The van der Waals surface area contributed by atoms with Gasteiger partial charge in [-0.3, -0.25) is 14.5 Å². The molecule has 4 N–H and O–H groups in total. The number of likely N-dealkylation sites (N-methyl/N-ethyl adjacent to an activating group) is 1. The van der Waals surface area contributed by atoms with Crippen molar-refractivity contribution in [3.05, 3.63) is 12.6 Å². The van der Waals surface area contributed by atoms with E-state index in [1.165, 1.54) is 11.9 Å². The first-order valence-corrected chi connectivity index (χ1v) is 3.90. The minimum atomic E-state index is -1.35. The molecule has 86 valence electrons. The van der Waals surface area contributed by atoms with Crippen molar-refractivity contribution in [3.63, 3.8) is 0 Å². The Labute approximate surface area is 87.4 Å². The number of rotatable bonds is 5. The lowest BCUT2D eigenvalue weighted by Gasteiger charge is -2.08. The van der Waals surface area contributed by atoms with Crippen molar-refractivity contribution >= 4 is 19.1 Å². The van der Waals surface area contributed by atoms with Gasteiger partial charge in [0.2, 0.25) is 0 Å². The summed E-state index contributed by atoms with van der Waals surface area (Å²) in [5.74, 6) is -1.02. The second kappa shape index (κ2) is 9.19. The molecule has 0 spiro atoms. The average molecular weight is 219 g/mol. The molecule has 0 amide bonds. The van der Waals surface area contributed by atoms with E-state index in [-0.39, 0.29) is 13.1 Å². The summed E-state index contributed by atoms with van der Waals surface area (Å²) in [6.07, 6.45) is 0. The molecule has 0 aromatic rings. The molecular formula is C7H14BNO6. The highest BCUT2D eigenvalue weighted by Gasteiger charge is 2.06. The van der Waals surface area contributed by atoms with E-state index in [0.29, 0.717) is 0 Å². The lowest BCUT2D eigenvalue weighted by atomic mass is 9.94. The molecule has 0 aliphatic heterocycles. The van der Waals surface area contributed by atoms with Crippen LogP contribution in [-0.2, 0) is 9.59 Å². The number of hydrogen-bond acceptors (Lipinski definition) is 5. The Kier molecular flexibility index (Phi) is 9.85. The van der Waals surface area contributed by atoms with Gasteiger partial charge in [0.25, 0.3) is 0 Å². The maximum absolute atomic E-state index is 9.96. The van der Waals surface area contributed by atoms with Gasteiger partial charge in [-0.15, -0.1) is 6.58 Å². The lowest BCUT2D eigenvalue weighted by molar-refractivity contribution is -0.141. The van der Waals surface area contributed by atoms with E-state index in [0.717, 1.165) is 5.98 Å². The van der Waals surface area contributed by atoms with E-state index >= 15 is 0 Å². The van der Waals surface area contributed by atoms with Crippen molar-refractivity contribution in [1.82, 2.24) is 4.90 Å². The van der Waals surface area contributed by atoms with Crippen LogP contribution < -0.4 is 0 Å². The summed E-state index contributed by atoms with van der Waals surface area (Å²) < 4.78 is 0.